The Kier molecular flexibility index (Phi) is 5.55. The molecule has 0 saturated carbocycles. The zero-order valence-corrected chi connectivity index (χ0v) is 16.6. The standard InChI is InChI=1S/C20H22N4O6/c1-2-28-20(27)23-9-7-22(8-10-23)19(26)12-24-18(25)6-4-15(21-24)14-3-5-16-17(11-14)30-13-29-16/h3-6,11H,2,7-10,12-13H2,1H3. The third kappa shape index (κ3) is 4.07. The fourth-order valence-corrected chi connectivity index (χ4v) is 3.35. The van der Waals surface area contributed by atoms with E-state index in [2.05, 4.69) is 5.10 Å². The van der Waals surface area contributed by atoms with Crippen molar-refractivity contribution >= 4 is 12.0 Å². The number of hydrogen-bond donors (Lipinski definition) is 0. The van der Waals surface area contributed by atoms with Crippen LogP contribution in [-0.4, -0.2) is 71.2 Å². The second-order valence-electron chi connectivity index (χ2n) is 6.85. The average molecular weight is 414 g/mol. The highest BCUT2D eigenvalue weighted by Gasteiger charge is 2.25. The van der Waals surface area contributed by atoms with Crippen LogP contribution >= 0.6 is 0 Å². The molecule has 0 radical (unpaired) electrons. The molecule has 158 valence electrons. The van der Waals surface area contributed by atoms with Crippen LogP contribution in [0.15, 0.2) is 35.1 Å². The molecule has 1 aromatic carbocycles. The van der Waals surface area contributed by atoms with E-state index >= 15 is 0 Å². The Morgan fingerprint density at radius 2 is 1.77 bits per heavy atom. The zero-order valence-electron chi connectivity index (χ0n) is 16.6. The summed E-state index contributed by atoms with van der Waals surface area (Å²) in [5, 5.41) is 4.35. The normalized spacial score (nSPS) is 15.2. The Balaban J connectivity index is 1.43. The van der Waals surface area contributed by atoms with Crippen LogP contribution < -0.4 is 15.0 Å². The summed E-state index contributed by atoms with van der Waals surface area (Å²) in [6.07, 6.45) is -0.376. The van der Waals surface area contributed by atoms with Crippen LogP contribution in [0.25, 0.3) is 11.3 Å². The van der Waals surface area contributed by atoms with Crippen molar-refractivity contribution in [2.24, 2.45) is 0 Å². The van der Waals surface area contributed by atoms with Crippen LogP contribution in [0.5, 0.6) is 11.5 Å². The fraction of sp³-hybridized carbons (Fsp3) is 0.400. The number of fused-ring (bicyclic) bond motifs is 1. The topological polar surface area (TPSA) is 103 Å². The van der Waals surface area contributed by atoms with Crippen molar-refractivity contribution in [2.75, 3.05) is 39.6 Å². The van der Waals surface area contributed by atoms with Gasteiger partial charge < -0.3 is 24.0 Å². The van der Waals surface area contributed by atoms with Gasteiger partial charge in [0.25, 0.3) is 5.56 Å². The molecule has 1 aromatic heterocycles. The van der Waals surface area contributed by atoms with Crippen LogP contribution in [-0.2, 0) is 16.1 Å². The first-order chi connectivity index (χ1) is 14.5. The number of hydrogen-bond acceptors (Lipinski definition) is 7. The van der Waals surface area contributed by atoms with Crippen LogP contribution in [0.1, 0.15) is 6.92 Å². The number of aromatic nitrogens is 2. The van der Waals surface area contributed by atoms with Gasteiger partial charge in [-0.1, -0.05) is 0 Å². The SMILES string of the molecule is CCOC(=O)N1CCN(C(=O)Cn2nc(-c3ccc4c(c3)OCO4)ccc2=O)CC1. The predicted molar refractivity (Wildman–Crippen MR) is 105 cm³/mol. The van der Waals surface area contributed by atoms with Crippen molar-refractivity contribution in [3.05, 3.63) is 40.7 Å². The Morgan fingerprint density at radius 3 is 2.53 bits per heavy atom. The Morgan fingerprint density at radius 1 is 1.03 bits per heavy atom. The predicted octanol–water partition coefficient (Wildman–Crippen LogP) is 0.940. The van der Waals surface area contributed by atoms with E-state index in [1.807, 2.05) is 6.07 Å². The largest absolute Gasteiger partial charge is 0.454 e. The molecule has 2 aromatic rings. The lowest BCUT2D eigenvalue weighted by Gasteiger charge is -2.34. The van der Waals surface area contributed by atoms with Gasteiger partial charge in [-0.2, -0.15) is 5.10 Å². The van der Waals surface area contributed by atoms with E-state index in [9.17, 15) is 14.4 Å². The second kappa shape index (κ2) is 8.44. The van der Waals surface area contributed by atoms with E-state index in [1.165, 1.54) is 6.07 Å². The van der Waals surface area contributed by atoms with Gasteiger partial charge in [0.15, 0.2) is 11.5 Å². The summed E-state index contributed by atoms with van der Waals surface area (Å²) in [5.41, 5.74) is 0.939. The highest BCUT2D eigenvalue weighted by molar-refractivity contribution is 5.76. The first-order valence-corrected chi connectivity index (χ1v) is 9.73. The lowest BCUT2D eigenvalue weighted by Crippen LogP contribution is -2.51. The van der Waals surface area contributed by atoms with Crippen LogP contribution in [0.2, 0.25) is 0 Å². The minimum absolute atomic E-state index is 0.170. The summed E-state index contributed by atoms with van der Waals surface area (Å²) >= 11 is 0. The Labute approximate surface area is 172 Å². The summed E-state index contributed by atoms with van der Waals surface area (Å²) in [4.78, 5) is 39.9. The molecule has 1 saturated heterocycles. The van der Waals surface area contributed by atoms with Gasteiger partial charge in [-0.05, 0) is 31.2 Å². The summed E-state index contributed by atoms with van der Waals surface area (Å²) < 4.78 is 16.8. The minimum atomic E-state index is -0.376. The number of carbonyl (C=O) groups is 2. The Hall–Kier alpha value is -3.56. The van der Waals surface area contributed by atoms with Gasteiger partial charge in [0.05, 0.1) is 12.3 Å². The average Bonchev–Trinajstić information content (AvgIpc) is 3.23. The molecule has 1 fully saturated rings. The monoisotopic (exact) mass is 414 g/mol. The summed E-state index contributed by atoms with van der Waals surface area (Å²) in [5.74, 6) is 1.04. The second-order valence-corrected chi connectivity index (χ2v) is 6.85. The van der Waals surface area contributed by atoms with Gasteiger partial charge in [0.2, 0.25) is 12.7 Å². The van der Waals surface area contributed by atoms with Gasteiger partial charge in [-0.3, -0.25) is 9.59 Å². The van der Waals surface area contributed by atoms with Crippen molar-refractivity contribution in [1.82, 2.24) is 19.6 Å². The smallest absolute Gasteiger partial charge is 0.409 e. The van der Waals surface area contributed by atoms with E-state index in [0.717, 1.165) is 10.2 Å². The molecule has 0 N–H and O–H groups in total. The summed E-state index contributed by atoms with van der Waals surface area (Å²) in [6.45, 7) is 3.61. The van der Waals surface area contributed by atoms with Gasteiger partial charge in [0, 0.05) is 37.8 Å². The third-order valence-corrected chi connectivity index (χ3v) is 4.98. The number of amides is 2. The van der Waals surface area contributed by atoms with Crippen LogP contribution in [0, 0.1) is 0 Å². The molecule has 0 aliphatic carbocycles. The molecule has 30 heavy (non-hydrogen) atoms. The van der Waals surface area contributed by atoms with Crippen molar-refractivity contribution in [3.63, 3.8) is 0 Å². The lowest BCUT2D eigenvalue weighted by atomic mass is 10.1. The van der Waals surface area contributed by atoms with Gasteiger partial charge in [-0.25, -0.2) is 9.48 Å². The molecule has 3 heterocycles. The number of ether oxygens (including phenoxy) is 3. The molecule has 2 aliphatic heterocycles. The first kappa shape index (κ1) is 19.7. The number of piperazine rings is 1. The van der Waals surface area contributed by atoms with E-state index in [-0.39, 0.29) is 30.9 Å². The van der Waals surface area contributed by atoms with Gasteiger partial charge in [0.1, 0.15) is 6.54 Å². The molecule has 0 bridgehead atoms. The van der Waals surface area contributed by atoms with E-state index in [4.69, 9.17) is 14.2 Å². The fourth-order valence-electron chi connectivity index (χ4n) is 3.35. The molecular weight excluding hydrogens is 392 g/mol. The number of benzene rings is 1. The third-order valence-electron chi connectivity index (χ3n) is 4.98. The van der Waals surface area contributed by atoms with Crippen molar-refractivity contribution < 1.29 is 23.8 Å². The summed E-state index contributed by atoms with van der Waals surface area (Å²) in [6, 6.07) is 8.39. The molecule has 4 rings (SSSR count). The van der Waals surface area contributed by atoms with Gasteiger partial charge in [-0.15, -0.1) is 0 Å². The minimum Gasteiger partial charge on any atom is -0.454 e. The van der Waals surface area contributed by atoms with E-state index in [0.29, 0.717) is 50.0 Å². The Bertz CT molecular complexity index is 1010. The molecule has 2 amide bonds. The van der Waals surface area contributed by atoms with Crippen LogP contribution in [0.3, 0.4) is 0 Å². The molecule has 2 aliphatic rings. The molecular formula is C20H22N4O6. The molecule has 10 nitrogen and oxygen atoms in total. The first-order valence-electron chi connectivity index (χ1n) is 9.73. The van der Waals surface area contributed by atoms with Crippen molar-refractivity contribution in [2.45, 2.75) is 13.5 Å². The number of rotatable bonds is 4. The van der Waals surface area contributed by atoms with Crippen molar-refractivity contribution in [1.29, 1.82) is 0 Å². The molecule has 10 heteroatoms. The maximum atomic E-state index is 12.7. The van der Waals surface area contributed by atoms with Gasteiger partial charge >= 0.3 is 6.09 Å². The van der Waals surface area contributed by atoms with E-state index in [1.54, 1.807) is 34.9 Å². The quantitative estimate of drug-likeness (QED) is 0.733. The molecule has 0 unspecified atom stereocenters. The highest BCUT2D eigenvalue weighted by Crippen LogP contribution is 2.35. The number of carbonyl (C=O) groups excluding carboxylic acids is 2. The molecule has 0 spiro atoms. The maximum absolute atomic E-state index is 12.7. The zero-order chi connectivity index (χ0) is 21.1. The van der Waals surface area contributed by atoms with Crippen molar-refractivity contribution in [3.8, 4) is 22.8 Å². The van der Waals surface area contributed by atoms with E-state index < -0.39 is 0 Å². The lowest BCUT2D eigenvalue weighted by molar-refractivity contribution is -0.133. The number of nitrogens with zero attached hydrogens (tertiary/aromatic N) is 4. The van der Waals surface area contributed by atoms with Crippen LogP contribution in [0.4, 0.5) is 4.79 Å². The maximum Gasteiger partial charge on any atom is 0.409 e. The highest BCUT2D eigenvalue weighted by atomic mass is 16.7. The molecule has 0 atom stereocenters. The summed E-state index contributed by atoms with van der Waals surface area (Å²) in [7, 11) is 0.